The summed E-state index contributed by atoms with van der Waals surface area (Å²) in [6, 6.07) is 2.14. The number of amides is 1. The van der Waals surface area contributed by atoms with Crippen LogP contribution < -0.4 is 5.73 Å². The molecule has 0 saturated heterocycles. The van der Waals surface area contributed by atoms with Crippen LogP contribution >= 0.6 is 0 Å². The third kappa shape index (κ3) is 3.06. The number of carbonyl (C=O) groups excluding carboxylic acids is 3. The Bertz CT molecular complexity index is 1380. The highest BCUT2D eigenvalue weighted by Gasteiger charge is 2.64. The molecule has 36 heavy (non-hydrogen) atoms. The van der Waals surface area contributed by atoms with Gasteiger partial charge >= 0.3 is 0 Å². The minimum Gasteiger partial charge on any atom is -0.508 e. The van der Waals surface area contributed by atoms with Crippen LogP contribution in [0.5, 0.6) is 5.75 Å². The predicted octanol–water partition coefficient (Wildman–Crippen LogP) is 1.70. The second-order valence-electron chi connectivity index (χ2n) is 10.3. The number of rotatable bonds is 3. The Morgan fingerprint density at radius 3 is 2.44 bits per heavy atom. The maximum Gasteiger partial charge on any atom is 0.255 e. The van der Waals surface area contributed by atoms with Crippen molar-refractivity contribution >= 4 is 28.8 Å². The van der Waals surface area contributed by atoms with E-state index in [9.17, 15) is 34.8 Å². The number of likely N-dealkylation sites (N-methyl/N-ethyl adjacent to an activating group) is 1. The number of hydrogen-bond acceptors (Lipinski definition) is 8. The van der Waals surface area contributed by atoms with E-state index in [1.165, 1.54) is 11.0 Å². The summed E-state index contributed by atoms with van der Waals surface area (Å²) in [6.07, 6.45) is 5.14. The van der Waals surface area contributed by atoms with Gasteiger partial charge < -0.3 is 26.2 Å². The minimum absolute atomic E-state index is 0.0667. The number of allylic oxidation sites excluding steroid dienone is 4. The third-order valence-electron chi connectivity index (χ3n) is 8.00. The Morgan fingerprint density at radius 2 is 1.86 bits per heavy atom. The molecule has 1 amide bonds. The molecule has 1 aromatic rings. The molecular weight excluding hydrogens is 464 g/mol. The second kappa shape index (κ2) is 7.91. The zero-order valence-corrected chi connectivity index (χ0v) is 20.2. The van der Waals surface area contributed by atoms with Crippen LogP contribution in [0.2, 0.25) is 0 Å². The van der Waals surface area contributed by atoms with E-state index in [4.69, 9.17) is 5.73 Å². The van der Waals surface area contributed by atoms with Gasteiger partial charge in [-0.1, -0.05) is 23.8 Å². The number of nitrogens with zero attached hydrogens (tertiary/aromatic N) is 1. The van der Waals surface area contributed by atoms with Crippen molar-refractivity contribution in [2.75, 3.05) is 14.1 Å². The number of aliphatic hydroxyl groups is 3. The summed E-state index contributed by atoms with van der Waals surface area (Å²) in [5, 5.41) is 44.5. The quantitative estimate of drug-likeness (QED) is 0.398. The van der Waals surface area contributed by atoms with E-state index in [1.807, 2.05) is 13.0 Å². The van der Waals surface area contributed by atoms with Crippen molar-refractivity contribution in [1.82, 2.24) is 4.90 Å². The van der Waals surface area contributed by atoms with Gasteiger partial charge in [-0.2, -0.15) is 0 Å². The van der Waals surface area contributed by atoms with Crippen LogP contribution in [0.1, 0.15) is 36.5 Å². The molecule has 0 unspecified atom stereocenters. The number of nitrogens with two attached hydrogens (primary N) is 1. The summed E-state index contributed by atoms with van der Waals surface area (Å²) in [7, 11) is 3.15. The van der Waals surface area contributed by atoms with E-state index in [1.54, 1.807) is 20.2 Å². The van der Waals surface area contributed by atoms with Crippen LogP contribution in [0, 0.1) is 11.8 Å². The smallest absolute Gasteiger partial charge is 0.255 e. The molecule has 188 valence electrons. The molecule has 9 nitrogen and oxygen atoms in total. The van der Waals surface area contributed by atoms with E-state index in [2.05, 4.69) is 6.08 Å². The van der Waals surface area contributed by atoms with Gasteiger partial charge in [0.25, 0.3) is 5.91 Å². The van der Waals surface area contributed by atoms with Gasteiger partial charge in [0, 0.05) is 11.5 Å². The molecule has 4 atom stereocenters. The molecule has 0 aromatic heterocycles. The summed E-state index contributed by atoms with van der Waals surface area (Å²) < 4.78 is 0. The third-order valence-corrected chi connectivity index (χ3v) is 8.00. The van der Waals surface area contributed by atoms with Crippen molar-refractivity contribution in [3.63, 3.8) is 0 Å². The normalized spacial score (nSPS) is 29.6. The Kier molecular flexibility index (Phi) is 5.28. The molecule has 5 rings (SSSR count). The number of phenols is 1. The molecule has 0 bridgehead atoms. The summed E-state index contributed by atoms with van der Waals surface area (Å²) >= 11 is 0. The van der Waals surface area contributed by atoms with Crippen molar-refractivity contribution in [2.45, 2.75) is 37.8 Å². The van der Waals surface area contributed by atoms with Crippen LogP contribution in [-0.2, 0) is 20.8 Å². The van der Waals surface area contributed by atoms with Crippen LogP contribution in [0.25, 0.3) is 11.3 Å². The average molecular weight is 493 g/mol. The number of ketones is 2. The average Bonchev–Trinajstić information content (AvgIpc) is 3.22. The van der Waals surface area contributed by atoms with Crippen molar-refractivity contribution in [3.05, 3.63) is 63.5 Å². The van der Waals surface area contributed by atoms with Crippen LogP contribution in [0.4, 0.5) is 0 Å². The lowest BCUT2D eigenvalue weighted by atomic mass is 9.57. The largest absolute Gasteiger partial charge is 0.508 e. The molecule has 6 N–H and O–H groups in total. The Morgan fingerprint density at radius 1 is 1.17 bits per heavy atom. The number of Topliss-reactive ketones (excluding diaryl/α,β-unsaturated/α-hetero) is 2. The molecule has 0 radical (unpaired) electrons. The first-order valence-corrected chi connectivity index (χ1v) is 11.8. The maximum atomic E-state index is 13.8. The van der Waals surface area contributed by atoms with Gasteiger partial charge in [0.05, 0.1) is 11.6 Å². The van der Waals surface area contributed by atoms with Crippen molar-refractivity contribution in [2.24, 2.45) is 17.6 Å². The van der Waals surface area contributed by atoms with Gasteiger partial charge in [-0.15, -0.1) is 0 Å². The molecule has 4 aliphatic rings. The Balaban J connectivity index is 1.73. The lowest BCUT2D eigenvalue weighted by Crippen LogP contribution is -2.65. The first-order valence-electron chi connectivity index (χ1n) is 11.8. The van der Waals surface area contributed by atoms with Gasteiger partial charge in [0.2, 0.25) is 5.78 Å². The Hall–Kier alpha value is -3.69. The zero-order chi connectivity index (χ0) is 26.3. The fourth-order valence-electron chi connectivity index (χ4n) is 6.40. The summed E-state index contributed by atoms with van der Waals surface area (Å²) in [5.41, 5.74) is 5.48. The van der Waals surface area contributed by atoms with Gasteiger partial charge in [0.1, 0.15) is 22.8 Å². The summed E-state index contributed by atoms with van der Waals surface area (Å²) in [4.78, 5) is 40.5. The number of fused-ring (bicyclic) bond motifs is 3. The minimum atomic E-state index is -2.63. The molecule has 1 aromatic carbocycles. The van der Waals surface area contributed by atoms with Crippen LogP contribution in [-0.4, -0.2) is 68.5 Å². The van der Waals surface area contributed by atoms with E-state index in [-0.39, 0.29) is 29.7 Å². The fourth-order valence-corrected chi connectivity index (χ4v) is 6.40. The van der Waals surface area contributed by atoms with Crippen LogP contribution in [0.3, 0.4) is 0 Å². The zero-order valence-electron chi connectivity index (χ0n) is 20.2. The first-order chi connectivity index (χ1) is 16.9. The number of phenolic OH excluding ortho intramolecular Hbond substituents is 1. The van der Waals surface area contributed by atoms with Gasteiger partial charge in [0.15, 0.2) is 11.4 Å². The van der Waals surface area contributed by atoms with Crippen molar-refractivity contribution < 1.29 is 34.8 Å². The predicted molar refractivity (Wildman–Crippen MR) is 131 cm³/mol. The number of primary amides is 1. The van der Waals surface area contributed by atoms with Gasteiger partial charge in [-0.25, -0.2) is 0 Å². The van der Waals surface area contributed by atoms with E-state index in [0.717, 1.165) is 16.7 Å². The lowest BCUT2D eigenvalue weighted by molar-refractivity contribution is -0.153. The summed E-state index contributed by atoms with van der Waals surface area (Å²) in [6.45, 7) is 1.98. The number of carbonyl (C=O) groups is 3. The molecular formula is C27H28N2O7. The number of aromatic hydroxyl groups is 1. The number of hydrogen-bond donors (Lipinski definition) is 5. The van der Waals surface area contributed by atoms with Gasteiger partial charge in [-0.05, 0) is 69.0 Å². The van der Waals surface area contributed by atoms with E-state index >= 15 is 0 Å². The monoisotopic (exact) mass is 492 g/mol. The fraction of sp³-hybridized carbons (Fsp3) is 0.370. The SMILES string of the molecule is CC1=CCC(c2ccc(O)c3c2C[C@@H]2C[C@@H]4[C@@H](N(C)C)C(=O)C(C(N)=O)=C(O)[C@]4(O)C(=O)C2=C3O)=C1. The van der Waals surface area contributed by atoms with Gasteiger partial charge in [-0.3, -0.25) is 19.3 Å². The number of benzene rings is 1. The molecule has 0 heterocycles. The van der Waals surface area contributed by atoms with E-state index in [0.29, 0.717) is 12.0 Å². The highest BCUT2D eigenvalue weighted by atomic mass is 16.3. The standard InChI is InChI=1S/C27H28N2O7/c1-11-4-5-12(8-11)14-6-7-17(30)19-15(14)9-13-10-16-21(29(2)3)23(32)20(26(28)35)25(34)27(16,36)24(33)18(13)22(19)31/h4,6-8,13,16,21,30-31,34,36H,5,9-10H2,1-3H3,(H2,28,35)/t13-,16-,21-,27-/m1/s1. The van der Waals surface area contributed by atoms with Crippen molar-refractivity contribution in [1.29, 1.82) is 0 Å². The highest BCUT2D eigenvalue weighted by molar-refractivity contribution is 6.24. The molecule has 4 aliphatic carbocycles. The number of aliphatic hydroxyl groups excluding tert-OH is 2. The van der Waals surface area contributed by atoms with Crippen LogP contribution in [0.15, 0.2) is 46.8 Å². The maximum absolute atomic E-state index is 13.8. The first kappa shape index (κ1) is 24.0. The molecule has 1 saturated carbocycles. The second-order valence-corrected chi connectivity index (χ2v) is 10.3. The summed E-state index contributed by atoms with van der Waals surface area (Å²) in [5.74, 6) is -6.50. The molecule has 0 aliphatic heterocycles. The molecule has 1 fully saturated rings. The molecule has 9 heteroatoms. The molecule has 0 spiro atoms. The van der Waals surface area contributed by atoms with E-state index < -0.39 is 58.0 Å². The highest BCUT2D eigenvalue weighted by Crippen LogP contribution is 2.53. The topological polar surface area (TPSA) is 161 Å². The Labute approximate surface area is 207 Å². The van der Waals surface area contributed by atoms with Crippen molar-refractivity contribution in [3.8, 4) is 5.75 Å². The lowest BCUT2D eigenvalue weighted by Gasteiger charge is -2.50.